The first-order valence-corrected chi connectivity index (χ1v) is 10.0. The average Bonchev–Trinajstić information content (AvgIpc) is 2.94. The molecular weight excluding hydrogens is 373 g/mol. The molecule has 2 N–H and O–H groups in total. The Kier molecular flexibility index (Phi) is 4.88. The minimum atomic E-state index is -3.40. The third-order valence-corrected chi connectivity index (χ3v) is 5.52. The van der Waals surface area contributed by atoms with Crippen molar-refractivity contribution in [2.24, 2.45) is 0 Å². The molecule has 27 heavy (non-hydrogen) atoms. The molecule has 0 aliphatic carbocycles. The van der Waals surface area contributed by atoms with Crippen LogP contribution in [0.5, 0.6) is 0 Å². The van der Waals surface area contributed by atoms with Gasteiger partial charge < -0.3 is 0 Å². The second-order valence-electron chi connectivity index (χ2n) is 6.37. The maximum absolute atomic E-state index is 12.9. The second kappa shape index (κ2) is 6.99. The van der Waals surface area contributed by atoms with Gasteiger partial charge in [-0.1, -0.05) is 0 Å². The van der Waals surface area contributed by atoms with Gasteiger partial charge in [0.25, 0.3) is 11.8 Å². The molecule has 0 unspecified atom stereocenters. The highest BCUT2D eigenvalue weighted by atomic mass is 32.2. The van der Waals surface area contributed by atoms with Crippen molar-refractivity contribution in [3.63, 3.8) is 0 Å². The largest absolute Gasteiger partial charge is 0.269 e. The molecule has 1 heterocycles. The molecule has 1 aliphatic heterocycles. The predicted molar refractivity (Wildman–Crippen MR) is 98.3 cm³/mol. The second-order valence-corrected chi connectivity index (χ2v) is 8.23. The number of rotatable bonds is 3. The van der Waals surface area contributed by atoms with E-state index in [-0.39, 0.29) is 17.2 Å². The Labute approximate surface area is 156 Å². The van der Waals surface area contributed by atoms with Gasteiger partial charge in [0.1, 0.15) is 5.82 Å². The summed E-state index contributed by atoms with van der Waals surface area (Å²) in [6.07, 6.45) is 1.63. The first-order chi connectivity index (χ1) is 12.7. The van der Waals surface area contributed by atoms with Crippen molar-refractivity contribution in [2.45, 2.75) is 19.4 Å². The number of fused-ring (bicyclic) bond motifs is 1. The number of anilines is 1. The van der Waals surface area contributed by atoms with Gasteiger partial charge in [0.05, 0.1) is 11.9 Å². The molecule has 0 saturated carbocycles. The van der Waals surface area contributed by atoms with Crippen LogP contribution in [0.15, 0.2) is 42.5 Å². The van der Waals surface area contributed by atoms with E-state index in [9.17, 15) is 22.4 Å². The quantitative estimate of drug-likeness (QED) is 0.777. The molecule has 9 heteroatoms. The molecule has 1 atom stereocenters. The number of halogens is 1. The highest BCUT2D eigenvalue weighted by molar-refractivity contribution is 7.92. The zero-order valence-corrected chi connectivity index (χ0v) is 15.5. The molecule has 0 saturated heterocycles. The fourth-order valence-corrected chi connectivity index (χ4v) is 4.37. The van der Waals surface area contributed by atoms with Gasteiger partial charge in [0.2, 0.25) is 10.0 Å². The first-order valence-electron chi connectivity index (χ1n) is 8.15. The number of sulfonamides is 1. The summed E-state index contributed by atoms with van der Waals surface area (Å²) in [7, 11) is -3.40. The van der Waals surface area contributed by atoms with E-state index in [2.05, 4.69) is 10.9 Å². The fraction of sp³-hybridized carbons (Fsp3) is 0.222. The van der Waals surface area contributed by atoms with Crippen LogP contribution in [-0.2, 0) is 16.4 Å². The average molecular weight is 391 g/mol. The van der Waals surface area contributed by atoms with Crippen LogP contribution < -0.4 is 15.2 Å². The number of hydrogen-bond acceptors (Lipinski definition) is 4. The van der Waals surface area contributed by atoms with Gasteiger partial charge in [0.15, 0.2) is 0 Å². The van der Waals surface area contributed by atoms with Gasteiger partial charge in [-0.3, -0.25) is 24.7 Å². The Bertz CT molecular complexity index is 1010. The smallest absolute Gasteiger partial charge is 0.267 e. The first kappa shape index (κ1) is 18.8. The zero-order chi connectivity index (χ0) is 19.8. The highest BCUT2D eigenvalue weighted by Gasteiger charge is 2.32. The van der Waals surface area contributed by atoms with Crippen LogP contribution in [0.1, 0.15) is 33.2 Å². The van der Waals surface area contributed by atoms with Crippen LogP contribution >= 0.6 is 0 Å². The van der Waals surface area contributed by atoms with Gasteiger partial charge >= 0.3 is 0 Å². The van der Waals surface area contributed by atoms with E-state index >= 15 is 0 Å². The topological polar surface area (TPSA) is 95.6 Å². The van der Waals surface area contributed by atoms with Crippen molar-refractivity contribution in [1.29, 1.82) is 0 Å². The van der Waals surface area contributed by atoms with Crippen molar-refractivity contribution in [3.8, 4) is 0 Å². The molecule has 0 bridgehead atoms. The number of carbonyl (C=O) groups excluding carboxylic acids is 2. The minimum Gasteiger partial charge on any atom is -0.267 e. The van der Waals surface area contributed by atoms with E-state index in [4.69, 9.17) is 0 Å². The van der Waals surface area contributed by atoms with Crippen LogP contribution in [0.3, 0.4) is 0 Å². The van der Waals surface area contributed by atoms with Crippen LogP contribution in [0.25, 0.3) is 0 Å². The third kappa shape index (κ3) is 3.92. The number of amides is 2. The van der Waals surface area contributed by atoms with Crippen molar-refractivity contribution in [3.05, 3.63) is 65.0 Å². The number of hydrazine groups is 1. The molecule has 142 valence electrons. The van der Waals surface area contributed by atoms with Gasteiger partial charge in [-0.2, -0.15) is 0 Å². The van der Waals surface area contributed by atoms with E-state index in [1.54, 1.807) is 19.1 Å². The number of hydrogen-bond donors (Lipinski definition) is 2. The Morgan fingerprint density at radius 3 is 2.19 bits per heavy atom. The lowest BCUT2D eigenvalue weighted by molar-refractivity contribution is 0.0846. The summed E-state index contributed by atoms with van der Waals surface area (Å²) < 4.78 is 38.1. The molecule has 0 fully saturated rings. The molecule has 2 amide bonds. The van der Waals surface area contributed by atoms with Crippen molar-refractivity contribution in [2.75, 3.05) is 10.6 Å². The maximum atomic E-state index is 12.9. The molecule has 3 rings (SSSR count). The summed E-state index contributed by atoms with van der Waals surface area (Å²) in [5.74, 6) is -1.59. The van der Waals surface area contributed by atoms with Crippen LogP contribution in [0.4, 0.5) is 10.1 Å². The number of carbonyl (C=O) groups is 2. The van der Waals surface area contributed by atoms with Gasteiger partial charge in [-0.05, 0) is 61.4 Å². The predicted octanol–water partition coefficient (Wildman–Crippen LogP) is 1.61. The van der Waals surface area contributed by atoms with E-state index in [1.807, 2.05) is 0 Å². The molecule has 0 spiro atoms. The summed E-state index contributed by atoms with van der Waals surface area (Å²) in [5, 5.41) is 0. The Morgan fingerprint density at radius 2 is 1.59 bits per heavy atom. The molecule has 0 aromatic heterocycles. The molecule has 2 aromatic rings. The summed E-state index contributed by atoms with van der Waals surface area (Å²) in [4.78, 5) is 24.2. The summed E-state index contributed by atoms with van der Waals surface area (Å²) in [5.41, 5.74) is 6.33. The summed E-state index contributed by atoms with van der Waals surface area (Å²) >= 11 is 0. The summed E-state index contributed by atoms with van der Waals surface area (Å²) in [6, 6.07) is 9.34. The summed E-state index contributed by atoms with van der Waals surface area (Å²) in [6.45, 7) is 1.80. The van der Waals surface area contributed by atoms with E-state index in [1.165, 1.54) is 22.5 Å². The van der Waals surface area contributed by atoms with E-state index < -0.39 is 27.7 Å². The van der Waals surface area contributed by atoms with Crippen LogP contribution in [0, 0.1) is 5.82 Å². The standard InChI is InChI=1S/C18H18FN3O4S/c1-11-9-14-10-13(5-8-16(14)22(11)27(2,25)26)18(24)21-20-17(23)12-3-6-15(19)7-4-12/h3-8,10-11H,9H2,1-2H3,(H,20,23)(H,21,24)/t11-/m0/s1. The molecule has 7 nitrogen and oxygen atoms in total. The molecular formula is C18H18FN3O4S. The van der Waals surface area contributed by atoms with Crippen LogP contribution in [0.2, 0.25) is 0 Å². The van der Waals surface area contributed by atoms with Crippen LogP contribution in [-0.4, -0.2) is 32.5 Å². The van der Waals surface area contributed by atoms with E-state index in [0.717, 1.165) is 24.0 Å². The monoisotopic (exact) mass is 391 g/mol. The van der Waals surface area contributed by atoms with Crippen molar-refractivity contribution < 1.29 is 22.4 Å². The Hall–Kier alpha value is -2.94. The SMILES string of the molecule is C[C@H]1Cc2cc(C(=O)NNC(=O)c3ccc(F)cc3)ccc2N1S(C)(=O)=O. The number of nitrogens with zero attached hydrogens (tertiary/aromatic N) is 1. The number of benzene rings is 2. The highest BCUT2D eigenvalue weighted by Crippen LogP contribution is 2.34. The van der Waals surface area contributed by atoms with Gasteiger partial charge in [-0.15, -0.1) is 0 Å². The lowest BCUT2D eigenvalue weighted by Gasteiger charge is -2.21. The third-order valence-electron chi connectivity index (χ3n) is 4.25. The van der Waals surface area contributed by atoms with Gasteiger partial charge in [-0.25, -0.2) is 12.8 Å². The fourth-order valence-electron chi connectivity index (χ4n) is 3.11. The lowest BCUT2D eigenvalue weighted by Crippen LogP contribution is -2.41. The van der Waals surface area contributed by atoms with E-state index in [0.29, 0.717) is 12.1 Å². The number of nitrogens with one attached hydrogen (secondary N) is 2. The Balaban J connectivity index is 1.71. The maximum Gasteiger partial charge on any atom is 0.269 e. The lowest BCUT2D eigenvalue weighted by atomic mass is 10.1. The Morgan fingerprint density at radius 1 is 1.04 bits per heavy atom. The van der Waals surface area contributed by atoms with Crippen molar-refractivity contribution in [1.82, 2.24) is 10.9 Å². The molecule has 2 aromatic carbocycles. The van der Waals surface area contributed by atoms with Gasteiger partial charge in [0, 0.05) is 17.2 Å². The molecule has 1 aliphatic rings. The van der Waals surface area contributed by atoms with Crippen molar-refractivity contribution >= 4 is 27.5 Å². The minimum absolute atomic E-state index is 0.197. The zero-order valence-electron chi connectivity index (χ0n) is 14.7. The molecule has 0 radical (unpaired) electrons. The normalized spacial score (nSPS) is 16.0.